The largest absolute Gasteiger partial charge is 0.444 e. The van der Waals surface area contributed by atoms with E-state index in [1.807, 2.05) is 27.7 Å². The minimum absolute atomic E-state index is 0.155. The lowest BCUT2D eigenvalue weighted by Crippen LogP contribution is -2.43. The molecule has 5 heteroatoms. The van der Waals surface area contributed by atoms with Gasteiger partial charge in [-0.25, -0.2) is 4.79 Å². The van der Waals surface area contributed by atoms with Crippen LogP contribution in [-0.2, 0) is 4.74 Å². The molecule has 0 aromatic rings. The fourth-order valence-electron chi connectivity index (χ4n) is 3.09. The second-order valence-electron chi connectivity index (χ2n) is 8.33. The van der Waals surface area contributed by atoms with E-state index in [4.69, 9.17) is 4.74 Å². The van der Waals surface area contributed by atoms with Crippen LogP contribution in [0.3, 0.4) is 0 Å². The number of nitrogens with one attached hydrogen (secondary N) is 2. The van der Waals surface area contributed by atoms with E-state index in [1.165, 1.54) is 0 Å². The Labute approximate surface area is 135 Å². The van der Waals surface area contributed by atoms with E-state index in [0.717, 1.165) is 25.7 Å². The van der Waals surface area contributed by atoms with Gasteiger partial charge in [0.15, 0.2) is 0 Å². The van der Waals surface area contributed by atoms with E-state index in [9.17, 15) is 9.90 Å². The molecule has 3 unspecified atom stereocenters. The standard InChI is InChI=1S/C17H34N2O3/c1-12(2)10-17(6,21)11-18-13-7-8-14(9-13)19-15(20)22-16(3,4)5/h12-14,18,21H,7-11H2,1-6H3,(H,19,20). The lowest BCUT2D eigenvalue weighted by Gasteiger charge is -2.27. The molecule has 1 saturated carbocycles. The van der Waals surface area contributed by atoms with Crippen molar-refractivity contribution in [3.63, 3.8) is 0 Å². The molecular weight excluding hydrogens is 280 g/mol. The van der Waals surface area contributed by atoms with Crippen LogP contribution < -0.4 is 10.6 Å². The fraction of sp³-hybridized carbons (Fsp3) is 0.941. The quantitative estimate of drug-likeness (QED) is 0.705. The zero-order valence-electron chi connectivity index (χ0n) is 15.0. The first-order chi connectivity index (χ1) is 9.97. The van der Waals surface area contributed by atoms with Gasteiger partial charge in [0.25, 0.3) is 0 Å². The summed E-state index contributed by atoms with van der Waals surface area (Å²) in [6.07, 6.45) is 3.29. The topological polar surface area (TPSA) is 70.6 Å². The summed E-state index contributed by atoms with van der Waals surface area (Å²) in [5.41, 5.74) is -1.14. The van der Waals surface area contributed by atoms with Crippen molar-refractivity contribution in [2.75, 3.05) is 6.54 Å². The Bertz CT molecular complexity index is 361. The highest BCUT2D eigenvalue weighted by molar-refractivity contribution is 5.68. The Morgan fingerprint density at radius 3 is 2.36 bits per heavy atom. The Morgan fingerprint density at radius 1 is 1.23 bits per heavy atom. The molecule has 1 rings (SSSR count). The maximum atomic E-state index is 11.8. The van der Waals surface area contributed by atoms with Crippen LogP contribution in [0.25, 0.3) is 0 Å². The van der Waals surface area contributed by atoms with Crippen LogP contribution in [0.4, 0.5) is 4.79 Å². The zero-order valence-corrected chi connectivity index (χ0v) is 15.0. The van der Waals surface area contributed by atoms with Gasteiger partial charge in [0.2, 0.25) is 0 Å². The van der Waals surface area contributed by atoms with Gasteiger partial charge in [0.1, 0.15) is 5.60 Å². The maximum absolute atomic E-state index is 11.8. The third-order valence-electron chi connectivity index (χ3n) is 3.77. The minimum Gasteiger partial charge on any atom is -0.444 e. The number of aliphatic hydroxyl groups is 1. The molecule has 0 heterocycles. The Morgan fingerprint density at radius 2 is 1.82 bits per heavy atom. The molecule has 22 heavy (non-hydrogen) atoms. The molecule has 0 aromatic carbocycles. The minimum atomic E-state index is -0.676. The number of carbonyl (C=O) groups excluding carboxylic acids is 1. The summed E-state index contributed by atoms with van der Waals surface area (Å²) in [5.74, 6) is 0.474. The molecule has 3 N–H and O–H groups in total. The summed E-state index contributed by atoms with van der Waals surface area (Å²) in [4.78, 5) is 11.8. The van der Waals surface area contributed by atoms with Gasteiger partial charge in [0, 0.05) is 18.6 Å². The van der Waals surface area contributed by atoms with Crippen LogP contribution >= 0.6 is 0 Å². The van der Waals surface area contributed by atoms with Gasteiger partial charge in [-0.1, -0.05) is 13.8 Å². The summed E-state index contributed by atoms with van der Waals surface area (Å²) >= 11 is 0. The van der Waals surface area contributed by atoms with Crippen LogP contribution in [0.15, 0.2) is 0 Å². The number of carbonyl (C=O) groups is 1. The Kier molecular flexibility index (Phi) is 6.68. The first-order valence-electron chi connectivity index (χ1n) is 8.42. The van der Waals surface area contributed by atoms with Gasteiger partial charge in [-0.05, 0) is 59.3 Å². The predicted octanol–water partition coefficient (Wildman–Crippen LogP) is 2.82. The molecule has 1 amide bonds. The van der Waals surface area contributed by atoms with Gasteiger partial charge in [-0.15, -0.1) is 0 Å². The van der Waals surface area contributed by atoms with Crippen LogP contribution in [0.1, 0.15) is 67.2 Å². The number of amides is 1. The van der Waals surface area contributed by atoms with Crippen LogP contribution in [0.5, 0.6) is 0 Å². The average Bonchev–Trinajstić information content (AvgIpc) is 2.69. The van der Waals surface area contributed by atoms with E-state index in [1.54, 1.807) is 0 Å². The van der Waals surface area contributed by atoms with Crippen molar-refractivity contribution < 1.29 is 14.6 Å². The number of alkyl carbamates (subject to hydrolysis) is 1. The molecule has 0 bridgehead atoms. The van der Waals surface area contributed by atoms with Crippen molar-refractivity contribution in [3.8, 4) is 0 Å². The molecular formula is C17H34N2O3. The predicted molar refractivity (Wildman–Crippen MR) is 88.9 cm³/mol. The Hall–Kier alpha value is -0.810. The molecule has 0 aliphatic heterocycles. The highest BCUT2D eigenvalue weighted by atomic mass is 16.6. The molecule has 1 aliphatic rings. The van der Waals surface area contributed by atoms with Gasteiger partial charge in [0.05, 0.1) is 5.60 Å². The highest BCUT2D eigenvalue weighted by Gasteiger charge is 2.29. The van der Waals surface area contributed by atoms with Crippen LogP contribution in [0, 0.1) is 5.92 Å². The van der Waals surface area contributed by atoms with Crippen LogP contribution in [-0.4, -0.2) is 41.0 Å². The SMILES string of the molecule is CC(C)CC(C)(O)CNC1CCC(NC(=O)OC(C)(C)C)C1. The van der Waals surface area contributed by atoms with Crippen molar-refractivity contribution >= 4 is 6.09 Å². The van der Waals surface area contributed by atoms with Crippen molar-refractivity contribution in [3.05, 3.63) is 0 Å². The molecule has 130 valence electrons. The fourth-order valence-corrected chi connectivity index (χ4v) is 3.09. The first-order valence-corrected chi connectivity index (χ1v) is 8.42. The molecule has 1 fully saturated rings. The van der Waals surface area contributed by atoms with Gasteiger partial charge >= 0.3 is 6.09 Å². The lowest BCUT2D eigenvalue weighted by molar-refractivity contribution is 0.0356. The number of hydrogen-bond acceptors (Lipinski definition) is 4. The molecule has 0 saturated heterocycles. The van der Waals surface area contributed by atoms with Crippen LogP contribution in [0.2, 0.25) is 0 Å². The highest BCUT2D eigenvalue weighted by Crippen LogP contribution is 2.21. The third kappa shape index (κ3) is 7.99. The van der Waals surface area contributed by atoms with Gasteiger partial charge in [-0.3, -0.25) is 0 Å². The molecule has 0 aromatic heterocycles. The van der Waals surface area contributed by atoms with E-state index in [0.29, 0.717) is 18.5 Å². The second kappa shape index (κ2) is 7.64. The summed E-state index contributed by atoms with van der Waals surface area (Å²) in [6.45, 7) is 12.3. The molecule has 3 atom stereocenters. The van der Waals surface area contributed by atoms with Gasteiger partial charge < -0.3 is 20.5 Å². The maximum Gasteiger partial charge on any atom is 0.407 e. The van der Waals surface area contributed by atoms with E-state index >= 15 is 0 Å². The lowest BCUT2D eigenvalue weighted by atomic mass is 9.94. The number of ether oxygens (including phenoxy) is 1. The second-order valence-corrected chi connectivity index (χ2v) is 8.33. The molecule has 0 radical (unpaired) electrons. The monoisotopic (exact) mass is 314 g/mol. The molecule has 5 nitrogen and oxygen atoms in total. The summed E-state index contributed by atoms with van der Waals surface area (Å²) < 4.78 is 5.28. The average molecular weight is 314 g/mol. The summed E-state index contributed by atoms with van der Waals surface area (Å²) in [7, 11) is 0. The van der Waals surface area contributed by atoms with E-state index < -0.39 is 11.2 Å². The smallest absolute Gasteiger partial charge is 0.407 e. The van der Waals surface area contributed by atoms with Gasteiger partial charge in [-0.2, -0.15) is 0 Å². The molecule has 0 spiro atoms. The van der Waals surface area contributed by atoms with Crippen molar-refractivity contribution in [1.82, 2.24) is 10.6 Å². The summed E-state index contributed by atoms with van der Waals surface area (Å²) in [6, 6.07) is 0.501. The van der Waals surface area contributed by atoms with E-state index in [2.05, 4.69) is 24.5 Å². The first kappa shape index (κ1) is 19.2. The zero-order chi connectivity index (χ0) is 17.0. The number of rotatable bonds is 6. The Balaban J connectivity index is 2.30. The molecule has 1 aliphatic carbocycles. The van der Waals surface area contributed by atoms with E-state index in [-0.39, 0.29) is 12.1 Å². The van der Waals surface area contributed by atoms with Crippen molar-refractivity contribution in [2.24, 2.45) is 5.92 Å². The number of hydrogen-bond donors (Lipinski definition) is 3. The van der Waals surface area contributed by atoms with Crippen molar-refractivity contribution in [2.45, 2.75) is 90.5 Å². The third-order valence-corrected chi connectivity index (χ3v) is 3.77. The normalized spacial score (nSPS) is 25.1. The summed E-state index contributed by atoms with van der Waals surface area (Å²) in [5, 5.41) is 16.7. The van der Waals surface area contributed by atoms with Crippen molar-refractivity contribution in [1.29, 1.82) is 0 Å².